The fourth-order valence-electron chi connectivity index (χ4n) is 3.44. The summed E-state index contributed by atoms with van der Waals surface area (Å²) in [5.41, 5.74) is 1.96. The number of imide groups is 1. The van der Waals surface area contributed by atoms with Gasteiger partial charge in [0.15, 0.2) is 0 Å². The van der Waals surface area contributed by atoms with Gasteiger partial charge in [-0.1, -0.05) is 52.1 Å². The molecule has 1 aliphatic rings. The molecule has 1 heterocycles. The van der Waals surface area contributed by atoms with Crippen LogP contribution < -0.4 is 4.90 Å². The third-order valence-electron chi connectivity index (χ3n) is 4.63. The third-order valence-corrected chi connectivity index (χ3v) is 4.63. The molecule has 2 atom stereocenters. The number of anilines is 1. The second kappa shape index (κ2) is 6.50. The summed E-state index contributed by atoms with van der Waals surface area (Å²) in [7, 11) is 2.24. The Bertz CT molecular complexity index is 586. The maximum Gasteiger partial charge on any atom is 0.237 e. The summed E-state index contributed by atoms with van der Waals surface area (Å²) < 4.78 is 0. The van der Waals surface area contributed by atoms with E-state index < -0.39 is 0 Å². The standard InChI is InChI=1S/C19H28BNO2/c1-12(2)16-10-17(22)21(18(16)23)15-8-6-14(7-9-15)13(3)11-19(4,5)20/h6-9,12-13,16H,10-11,20H2,1-5H3. The Hall–Kier alpha value is -1.58. The fourth-order valence-corrected chi connectivity index (χ4v) is 3.44. The molecular formula is C19H28BNO2. The van der Waals surface area contributed by atoms with Crippen molar-refractivity contribution >= 4 is 25.3 Å². The number of benzene rings is 1. The van der Waals surface area contributed by atoms with Crippen LogP contribution in [0.5, 0.6) is 0 Å². The smallest absolute Gasteiger partial charge is 0.237 e. The highest BCUT2D eigenvalue weighted by atomic mass is 16.2. The molecule has 3 nitrogen and oxygen atoms in total. The Kier molecular flexibility index (Phi) is 5.03. The number of carbonyl (C=O) groups excluding carboxylic acids is 2. The third kappa shape index (κ3) is 4.04. The molecule has 1 saturated heterocycles. The van der Waals surface area contributed by atoms with Crippen LogP contribution in [0.4, 0.5) is 5.69 Å². The van der Waals surface area contributed by atoms with Gasteiger partial charge in [-0.05, 0) is 36.0 Å². The Morgan fingerprint density at radius 3 is 2.17 bits per heavy atom. The van der Waals surface area contributed by atoms with Crippen molar-refractivity contribution in [2.24, 2.45) is 11.8 Å². The van der Waals surface area contributed by atoms with Crippen molar-refractivity contribution in [3.05, 3.63) is 29.8 Å². The molecule has 0 N–H and O–H groups in total. The molecule has 4 heteroatoms. The minimum Gasteiger partial charge on any atom is -0.274 e. The van der Waals surface area contributed by atoms with E-state index >= 15 is 0 Å². The lowest BCUT2D eigenvalue weighted by Crippen LogP contribution is -2.31. The van der Waals surface area contributed by atoms with Crippen LogP contribution in [0, 0.1) is 11.8 Å². The summed E-state index contributed by atoms with van der Waals surface area (Å²) in [5.74, 6) is 0.339. The maximum absolute atomic E-state index is 12.5. The van der Waals surface area contributed by atoms with Crippen LogP contribution in [-0.2, 0) is 9.59 Å². The highest BCUT2D eigenvalue weighted by Gasteiger charge is 2.40. The van der Waals surface area contributed by atoms with Gasteiger partial charge in [0.1, 0.15) is 7.85 Å². The van der Waals surface area contributed by atoms with Crippen molar-refractivity contribution in [3.8, 4) is 0 Å². The molecule has 2 amide bonds. The van der Waals surface area contributed by atoms with Crippen LogP contribution in [0.15, 0.2) is 24.3 Å². The Labute approximate surface area is 140 Å². The highest BCUT2D eigenvalue weighted by Crippen LogP contribution is 2.35. The van der Waals surface area contributed by atoms with Crippen molar-refractivity contribution in [1.82, 2.24) is 0 Å². The van der Waals surface area contributed by atoms with Crippen LogP contribution in [0.25, 0.3) is 0 Å². The number of carbonyl (C=O) groups is 2. The van der Waals surface area contributed by atoms with Crippen LogP contribution in [-0.4, -0.2) is 19.7 Å². The van der Waals surface area contributed by atoms with Gasteiger partial charge >= 0.3 is 0 Å². The minimum absolute atomic E-state index is 0.0551. The van der Waals surface area contributed by atoms with E-state index in [1.54, 1.807) is 0 Å². The van der Waals surface area contributed by atoms with E-state index in [1.165, 1.54) is 10.5 Å². The lowest BCUT2D eigenvalue weighted by molar-refractivity contribution is -0.122. The van der Waals surface area contributed by atoms with Gasteiger partial charge in [-0.3, -0.25) is 14.5 Å². The topological polar surface area (TPSA) is 37.4 Å². The second-order valence-electron chi connectivity index (χ2n) is 8.38. The summed E-state index contributed by atoms with van der Waals surface area (Å²) >= 11 is 0. The van der Waals surface area contributed by atoms with Crippen molar-refractivity contribution in [2.45, 2.75) is 58.7 Å². The van der Waals surface area contributed by atoms with Crippen molar-refractivity contribution in [3.63, 3.8) is 0 Å². The molecule has 1 aliphatic heterocycles. The Morgan fingerprint density at radius 1 is 1.17 bits per heavy atom. The van der Waals surface area contributed by atoms with Gasteiger partial charge in [0, 0.05) is 6.42 Å². The van der Waals surface area contributed by atoms with E-state index in [1.807, 2.05) is 26.0 Å². The molecule has 0 bridgehead atoms. The summed E-state index contributed by atoms with van der Waals surface area (Å²) in [6, 6.07) is 7.92. The number of hydrogen-bond acceptors (Lipinski definition) is 2. The minimum atomic E-state index is -0.179. The number of amides is 2. The molecule has 2 rings (SSSR count). The second-order valence-corrected chi connectivity index (χ2v) is 8.38. The molecule has 0 aromatic heterocycles. The zero-order valence-corrected chi connectivity index (χ0v) is 15.2. The van der Waals surface area contributed by atoms with E-state index in [4.69, 9.17) is 0 Å². The molecule has 0 radical (unpaired) electrons. The average molecular weight is 313 g/mol. The van der Waals surface area contributed by atoms with Gasteiger partial charge in [0.25, 0.3) is 0 Å². The van der Waals surface area contributed by atoms with Gasteiger partial charge < -0.3 is 0 Å². The van der Waals surface area contributed by atoms with Crippen LogP contribution >= 0.6 is 0 Å². The van der Waals surface area contributed by atoms with Crippen molar-refractivity contribution < 1.29 is 9.59 Å². The Morgan fingerprint density at radius 2 is 1.74 bits per heavy atom. The first kappa shape index (κ1) is 17.8. The predicted octanol–water partition coefficient (Wildman–Crippen LogP) is 3.55. The zero-order valence-electron chi connectivity index (χ0n) is 15.2. The van der Waals surface area contributed by atoms with Gasteiger partial charge in [0.05, 0.1) is 11.6 Å². The van der Waals surface area contributed by atoms with Crippen LogP contribution in [0.3, 0.4) is 0 Å². The van der Waals surface area contributed by atoms with Crippen molar-refractivity contribution in [1.29, 1.82) is 0 Å². The van der Waals surface area contributed by atoms with E-state index in [2.05, 4.69) is 40.8 Å². The van der Waals surface area contributed by atoms with E-state index in [0.29, 0.717) is 18.0 Å². The van der Waals surface area contributed by atoms with Crippen molar-refractivity contribution in [2.75, 3.05) is 4.90 Å². The Balaban J connectivity index is 2.17. The SMILES string of the molecule is BC(C)(C)CC(C)c1ccc(N2C(=O)CC(C(C)C)C2=O)cc1. The zero-order chi connectivity index (χ0) is 17.4. The summed E-state index contributed by atoms with van der Waals surface area (Å²) in [6.45, 7) is 10.7. The van der Waals surface area contributed by atoms with Gasteiger partial charge in [-0.15, -0.1) is 0 Å². The predicted molar refractivity (Wildman–Crippen MR) is 97.5 cm³/mol. The largest absolute Gasteiger partial charge is 0.274 e. The number of nitrogens with zero attached hydrogens (tertiary/aromatic N) is 1. The molecule has 0 aliphatic carbocycles. The number of hydrogen-bond donors (Lipinski definition) is 0. The van der Waals surface area contributed by atoms with Gasteiger partial charge in [-0.25, -0.2) is 0 Å². The number of rotatable bonds is 5. The first-order valence-corrected chi connectivity index (χ1v) is 8.57. The molecule has 2 unspecified atom stereocenters. The van der Waals surface area contributed by atoms with E-state index in [9.17, 15) is 9.59 Å². The summed E-state index contributed by atoms with van der Waals surface area (Å²) in [6.07, 6.45) is 1.43. The van der Waals surface area contributed by atoms with Gasteiger partial charge in [0.2, 0.25) is 11.8 Å². The summed E-state index contributed by atoms with van der Waals surface area (Å²) in [4.78, 5) is 26.0. The highest BCUT2D eigenvalue weighted by molar-refractivity contribution is 6.21. The quantitative estimate of drug-likeness (QED) is 0.616. The molecule has 23 heavy (non-hydrogen) atoms. The lowest BCUT2D eigenvalue weighted by Gasteiger charge is -2.24. The van der Waals surface area contributed by atoms with Gasteiger partial charge in [-0.2, -0.15) is 0 Å². The molecule has 1 aromatic carbocycles. The first-order chi connectivity index (χ1) is 10.6. The molecule has 124 valence electrons. The van der Waals surface area contributed by atoms with Crippen LogP contribution in [0.2, 0.25) is 5.31 Å². The van der Waals surface area contributed by atoms with E-state index in [-0.39, 0.29) is 29.0 Å². The first-order valence-electron chi connectivity index (χ1n) is 8.57. The molecule has 0 saturated carbocycles. The lowest BCUT2D eigenvalue weighted by atomic mass is 9.66. The van der Waals surface area contributed by atoms with E-state index in [0.717, 1.165) is 6.42 Å². The molecule has 1 aromatic rings. The average Bonchev–Trinajstić information content (AvgIpc) is 2.72. The molecule has 0 spiro atoms. The monoisotopic (exact) mass is 313 g/mol. The molecular weight excluding hydrogens is 285 g/mol. The fraction of sp³-hybridized carbons (Fsp3) is 0.579. The molecule has 1 fully saturated rings. The summed E-state index contributed by atoms with van der Waals surface area (Å²) in [5, 5.41) is 0.281. The normalized spacial score (nSPS) is 20.4. The maximum atomic E-state index is 12.5. The van der Waals surface area contributed by atoms with Crippen LogP contribution in [0.1, 0.15) is 58.9 Å².